The number of hydrogen-bond acceptors (Lipinski definition) is 2. The van der Waals surface area contributed by atoms with Crippen molar-refractivity contribution in [2.24, 2.45) is 11.3 Å². The third kappa shape index (κ3) is 2.28. The van der Waals surface area contributed by atoms with Gasteiger partial charge in [0.1, 0.15) is 0 Å². The number of nitrogens with zero attached hydrogens (tertiary/aromatic N) is 1. The molecule has 0 N–H and O–H groups in total. The lowest BCUT2D eigenvalue weighted by Crippen LogP contribution is -2.47. The smallest absolute Gasteiger partial charge is 0.226 e. The van der Waals surface area contributed by atoms with Gasteiger partial charge in [0, 0.05) is 19.0 Å². The monoisotopic (exact) mass is 231 g/mol. The molecule has 1 aliphatic carbocycles. The van der Waals surface area contributed by atoms with Gasteiger partial charge >= 0.3 is 0 Å². The van der Waals surface area contributed by atoms with E-state index in [4.69, 9.17) is 16.3 Å². The minimum Gasteiger partial charge on any atom is -0.373 e. The molecule has 0 bridgehead atoms. The summed E-state index contributed by atoms with van der Waals surface area (Å²) in [5, 5.41) is 0. The first-order chi connectivity index (χ1) is 7.04. The Morgan fingerprint density at radius 2 is 2.27 bits per heavy atom. The molecule has 1 saturated carbocycles. The van der Waals surface area contributed by atoms with Gasteiger partial charge in [-0.25, -0.2) is 0 Å². The van der Waals surface area contributed by atoms with Crippen molar-refractivity contribution < 1.29 is 9.53 Å². The van der Waals surface area contributed by atoms with E-state index in [-0.39, 0.29) is 17.4 Å². The second kappa shape index (κ2) is 3.95. The van der Waals surface area contributed by atoms with Gasteiger partial charge in [-0.15, -0.1) is 11.6 Å². The number of halogens is 1. The van der Waals surface area contributed by atoms with Gasteiger partial charge in [0.15, 0.2) is 0 Å². The zero-order valence-corrected chi connectivity index (χ0v) is 10.1. The Balaban J connectivity index is 1.91. The number of morpholine rings is 1. The zero-order valence-electron chi connectivity index (χ0n) is 9.33. The van der Waals surface area contributed by atoms with Crippen LogP contribution in [0.1, 0.15) is 20.3 Å². The van der Waals surface area contributed by atoms with Crippen molar-refractivity contribution in [1.29, 1.82) is 0 Å². The molecule has 1 aliphatic heterocycles. The molecule has 2 atom stereocenters. The molecule has 1 saturated heterocycles. The molecule has 15 heavy (non-hydrogen) atoms. The van der Waals surface area contributed by atoms with Gasteiger partial charge in [-0.1, -0.05) is 13.8 Å². The van der Waals surface area contributed by atoms with Crippen molar-refractivity contribution in [3.8, 4) is 0 Å². The van der Waals surface area contributed by atoms with Crippen molar-refractivity contribution in [3.63, 3.8) is 0 Å². The number of alkyl halides is 1. The van der Waals surface area contributed by atoms with Crippen LogP contribution >= 0.6 is 11.6 Å². The highest BCUT2D eigenvalue weighted by Crippen LogP contribution is 2.52. The molecule has 0 aromatic heterocycles. The highest BCUT2D eigenvalue weighted by molar-refractivity contribution is 6.18. The maximum atomic E-state index is 12.1. The molecular weight excluding hydrogens is 214 g/mol. The average Bonchev–Trinajstić information content (AvgIpc) is 2.87. The quantitative estimate of drug-likeness (QED) is 0.675. The Kier molecular flexibility index (Phi) is 2.95. The first kappa shape index (κ1) is 11.2. The third-order valence-corrected chi connectivity index (χ3v) is 3.78. The fraction of sp³-hybridized carbons (Fsp3) is 0.909. The molecule has 0 spiro atoms. The number of carbonyl (C=O) groups is 1. The molecular formula is C11H18ClNO2. The van der Waals surface area contributed by atoms with Gasteiger partial charge in [0.25, 0.3) is 0 Å². The molecule has 2 unspecified atom stereocenters. The van der Waals surface area contributed by atoms with E-state index in [0.717, 1.165) is 13.0 Å². The van der Waals surface area contributed by atoms with Crippen LogP contribution in [0.2, 0.25) is 0 Å². The summed E-state index contributed by atoms with van der Waals surface area (Å²) in [6, 6.07) is 0. The fourth-order valence-electron chi connectivity index (χ4n) is 2.12. The minimum absolute atomic E-state index is 0.0197. The summed E-state index contributed by atoms with van der Waals surface area (Å²) in [5.41, 5.74) is 0.214. The van der Waals surface area contributed by atoms with Crippen LogP contribution < -0.4 is 0 Å². The van der Waals surface area contributed by atoms with Crippen LogP contribution in [0.4, 0.5) is 0 Å². The van der Waals surface area contributed by atoms with Crippen LogP contribution in [0.5, 0.6) is 0 Å². The third-order valence-electron chi connectivity index (χ3n) is 3.43. The molecule has 1 heterocycles. The highest BCUT2D eigenvalue weighted by atomic mass is 35.5. The highest BCUT2D eigenvalue weighted by Gasteiger charge is 2.52. The summed E-state index contributed by atoms with van der Waals surface area (Å²) in [4.78, 5) is 14.0. The molecule has 86 valence electrons. The Hall–Kier alpha value is -0.280. The van der Waals surface area contributed by atoms with Crippen LogP contribution in [0.3, 0.4) is 0 Å². The van der Waals surface area contributed by atoms with E-state index in [9.17, 15) is 4.79 Å². The molecule has 2 rings (SSSR count). The molecule has 0 radical (unpaired) electrons. The molecule has 0 aromatic rings. The molecule has 4 heteroatoms. The molecule has 2 aliphatic rings. The Morgan fingerprint density at radius 3 is 2.80 bits per heavy atom. The van der Waals surface area contributed by atoms with Crippen LogP contribution in [-0.4, -0.2) is 42.5 Å². The minimum atomic E-state index is 0.0197. The van der Waals surface area contributed by atoms with Gasteiger partial charge in [-0.05, 0) is 11.8 Å². The van der Waals surface area contributed by atoms with Crippen molar-refractivity contribution in [2.75, 3.05) is 25.6 Å². The zero-order chi connectivity index (χ0) is 11.1. The van der Waals surface area contributed by atoms with E-state index in [2.05, 4.69) is 13.8 Å². The maximum absolute atomic E-state index is 12.1. The Bertz CT molecular complexity index is 267. The van der Waals surface area contributed by atoms with Crippen molar-refractivity contribution in [3.05, 3.63) is 0 Å². The van der Waals surface area contributed by atoms with Gasteiger partial charge < -0.3 is 9.64 Å². The van der Waals surface area contributed by atoms with Crippen LogP contribution in [0.25, 0.3) is 0 Å². The number of carbonyl (C=O) groups excluding carboxylic acids is 1. The van der Waals surface area contributed by atoms with Crippen LogP contribution in [0.15, 0.2) is 0 Å². The number of hydrogen-bond donors (Lipinski definition) is 0. The second-order valence-corrected chi connectivity index (χ2v) is 5.49. The lowest BCUT2D eigenvalue weighted by atomic mass is 10.1. The van der Waals surface area contributed by atoms with Crippen LogP contribution in [-0.2, 0) is 9.53 Å². The van der Waals surface area contributed by atoms with E-state index >= 15 is 0 Å². The predicted octanol–water partition coefficient (Wildman–Crippen LogP) is 1.50. The van der Waals surface area contributed by atoms with Gasteiger partial charge in [0.05, 0.1) is 18.6 Å². The second-order valence-electron chi connectivity index (χ2n) is 5.18. The van der Waals surface area contributed by atoms with Crippen molar-refractivity contribution in [1.82, 2.24) is 4.90 Å². The number of rotatable bonds is 2. The summed E-state index contributed by atoms with van der Waals surface area (Å²) in [6.07, 6.45) is 1.04. The number of ether oxygens (including phenoxy) is 1. The summed E-state index contributed by atoms with van der Waals surface area (Å²) < 4.78 is 5.43. The average molecular weight is 232 g/mol. The standard InChI is InChI=1S/C11H18ClNO2/c1-11(2)5-9(11)10(14)13-3-4-15-8(6-12)7-13/h8-9H,3-7H2,1-2H3. The Morgan fingerprint density at radius 1 is 1.60 bits per heavy atom. The van der Waals surface area contributed by atoms with E-state index in [1.165, 1.54) is 0 Å². The largest absolute Gasteiger partial charge is 0.373 e. The maximum Gasteiger partial charge on any atom is 0.226 e. The lowest BCUT2D eigenvalue weighted by molar-refractivity contribution is -0.140. The topological polar surface area (TPSA) is 29.5 Å². The summed E-state index contributed by atoms with van der Waals surface area (Å²) in [5.74, 6) is 0.989. The van der Waals surface area contributed by atoms with E-state index in [1.54, 1.807) is 0 Å². The molecule has 3 nitrogen and oxygen atoms in total. The Labute approximate surface area is 95.7 Å². The summed E-state index contributed by atoms with van der Waals surface area (Å²) in [7, 11) is 0. The first-order valence-corrected chi connectivity index (χ1v) is 6.04. The van der Waals surface area contributed by atoms with E-state index < -0.39 is 0 Å². The summed E-state index contributed by atoms with van der Waals surface area (Å²) >= 11 is 5.74. The van der Waals surface area contributed by atoms with Gasteiger partial charge in [0.2, 0.25) is 5.91 Å². The summed E-state index contributed by atoms with van der Waals surface area (Å²) in [6.45, 7) is 6.30. The first-order valence-electron chi connectivity index (χ1n) is 5.51. The normalized spacial score (nSPS) is 33.9. The van der Waals surface area contributed by atoms with Crippen LogP contribution in [0, 0.1) is 11.3 Å². The van der Waals surface area contributed by atoms with Crippen molar-refractivity contribution >= 4 is 17.5 Å². The fourth-order valence-corrected chi connectivity index (χ4v) is 2.31. The lowest BCUT2D eigenvalue weighted by Gasteiger charge is -2.32. The van der Waals surface area contributed by atoms with Crippen molar-refractivity contribution in [2.45, 2.75) is 26.4 Å². The van der Waals surface area contributed by atoms with E-state index in [0.29, 0.717) is 24.9 Å². The molecule has 2 fully saturated rings. The van der Waals surface area contributed by atoms with E-state index in [1.807, 2.05) is 4.90 Å². The van der Waals surface area contributed by atoms with Gasteiger partial charge in [-0.3, -0.25) is 4.79 Å². The molecule has 1 amide bonds. The molecule has 0 aromatic carbocycles. The number of amides is 1. The van der Waals surface area contributed by atoms with Gasteiger partial charge in [-0.2, -0.15) is 0 Å². The predicted molar refractivity (Wildman–Crippen MR) is 58.9 cm³/mol. The SMILES string of the molecule is CC1(C)CC1C(=O)N1CCOC(CCl)C1.